The Bertz CT molecular complexity index is 805. The Morgan fingerprint density at radius 2 is 1.81 bits per heavy atom. The lowest BCUT2D eigenvalue weighted by molar-refractivity contribution is 0.0609. The zero-order valence-electron chi connectivity index (χ0n) is 19.4. The van der Waals surface area contributed by atoms with Gasteiger partial charge in [0.05, 0.1) is 12.2 Å². The van der Waals surface area contributed by atoms with Crippen LogP contribution >= 0.6 is 0 Å². The molecule has 31 heavy (non-hydrogen) atoms. The van der Waals surface area contributed by atoms with Crippen LogP contribution in [0.15, 0.2) is 34.9 Å². The van der Waals surface area contributed by atoms with Gasteiger partial charge in [-0.25, -0.2) is 0 Å². The van der Waals surface area contributed by atoms with Gasteiger partial charge >= 0.3 is 0 Å². The lowest BCUT2D eigenvalue weighted by Gasteiger charge is -2.42. The van der Waals surface area contributed by atoms with Crippen LogP contribution < -0.4 is 0 Å². The summed E-state index contributed by atoms with van der Waals surface area (Å²) >= 11 is 0. The van der Waals surface area contributed by atoms with E-state index in [1.807, 2.05) is 0 Å². The highest BCUT2D eigenvalue weighted by Gasteiger charge is 2.45. The number of aliphatic hydroxyl groups is 3. The third kappa shape index (κ3) is 5.03. The number of fused-ring (bicyclic) bond motifs is 1. The van der Waals surface area contributed by atoms with Gasteiger partial charge in [0.15, 0.2) is 0 Å². The Kier molecular flexibility index (Phi) is 6.82. The maximum Gasteiger partial charge on any atom is 0.125 e. The van der Waals surface area contributed by atoms with Crippen molar-refractivity contribution in [1.29, 1.82) is 0 Å². The van der Waals surface area contributed by atoms with Crippen LogP contribution in [0.25, 0.3) is 0 Å². The van der Waals surface area contributed by atoms with Crippen LogP contribution in [-0.2, 0) is 0 Å². The SMILES string of the molecule is C[C@@H](CC#CC1(O)CCCC1)C1=CC[C@H]2/C(=C/C=C3C[C@@H](O)C[C@H](O)C3)CCC[C@]12C. The number of hydrogen-bond donors (Lipinski definition) is 3. The third-order valence-corrected chi connectivity index (χ3v) is 8.38. The lowest BCUT2D eigenvalue weighted by Crippen LogP contribution is -2.32. The summed E-state index contributed by atoms with van der Waals surface area (Å²) in [5.41, 5.74) is 3.74. The van der Waals surface area contributed by atoms with Gasteiger partial charge in [0.1, 0.15) is 5.60 Å². The molecule has 0 aromatic rings. The number of allylic oxidation sites excluding steroid dienone is 5. The lowest BCUT2D eigenvalue weighted by atomic mass is 9.62. The van der Waals surface area contributed by atoms with E-state index >= 15 is 0 Å². The molecule has 4 aliphatic carbocycles. The molecule has 0 aromatic carbocycles. The van der Waals surface area contributed by atoms with Gasteiger partial charge in [-0.2, -0.15) is 0 Å². The van der Waals surface area contributed by atoms with E-state index in [1.54, 1.807) is 5.57 Å². The quantitative estimate of drug-likeness (QED) is 0.430. The van der Waals surface area contributed by atoms with E-state index in [9.17, 15) is 15.3 Å². The van der Waals surface area contributed by atoms with Crippen molar-refractivity contribution in [2.24, 2.45) is 17.3 Å². The van der Waals surface area contributed by atoms with Crippen LogP contribution in [-0.4, -0.2) is 33.1 Å². The normalized spacial score (nSPS) is 37.1. The summed E-state index contributed by atoms with van der Waals surface area (Å²) in [6, 6.07) is 0. The van der Waals surface area contributed by atoms with Crippen molar-refractivity contribution in [1.82, 2.24) is 0 Å². The first-order valence-corrected chi connectivity index (χ1v) is 12.5. The van der Waals surface area contributed by atoms with E-state index in [4.69, 9.17) is 0 Å². The van der Waals surface area contributed by atoms with Crippen LogP contribution in [0.5, 0.6) is 0 Å². The van der Waals surface area contributed by atoms with Gasteiger partial charge in [-0.15, -0.1) is 0 Å². The first-order valence-electron chi connectivity index (χ1n) is 12.5. The zero-order chi connectivity index (χ0) is 22.1. The topological polar surface area (TPSA) is 60.7 Å². The predicted molar refractivity (Wildman–Crippen MR) is 125 cm³/mol. The molecule has 0 aromatic heterocycles. The second kappa shape index (κ2) is 9.26. The van der Waals surface area contributed by atoms with E-state index in [1.165, 1.54) is 24.0 Å². The minimum absolute atomic E-state index is 0.208. The van der Waals surface area contributed by atoms with Crippen molar-refractivity contribution in [2.45, 2.75) is 109 Å². The van der Waals surface area contributed by atoms with E-state index in [0.29, 0.717) is 31.1 Å². The molecule has 0 unspecified atom stereocenters. The molecule has 4 aliphatic rings. The molecular weight excluding hydrogens is 384 g/mol. The summed E-state index contributed by atoms with van der Waals surface area (Å²) in [6.45, 7) is 4.75. The third-order valence-electron chi connectivity index (χ3n) is 8.38. The molecular formula is C28H40O3. The summed E-state index contributed by atoms with van der Waals surface area (Å²) in [5.74, 6) is 7.50. The fourth-order valence-electron chi connectivity index (χ4n) is 6.71. The molecule has 0 amide bonds. The first-order chi connectivity index (χ1) is 14.8. The fraction of sp³-hybridized carbons (Fsp3) is 0.714. The van der Waals surface area contributed by atoms with Crippen molar-refractivity contribution in [2.75, 3.05) is 0 Å². The van der Waals surface area contributed by atoms with Gasteiger partial charge < -0.3 is 15.3 Å². The average molecular weight is 425 g/mol. The van der Waals surface area contributed by atoms with Gasteiger partial charge in [0, 0.05) is 6.42 Å². The van der Waals surface area contributed by atoms with Gasteiger partial charge in [-0.3, -0.25) is 0 Å². The molecule has 0 radical (unpaired) electrons. The van der Waals surface area contributed by atoms with E-state index in [2.05, 4.69) is 43.9 Å². The molecule has 0 spiro atoms. The highest BCUT2D eigenvalue weighted by Crippen LogP contribution is 2.56. The summed E-state index contributed by atoms with van der Waals surface area (Å²) in [6.07, 6.45) is 17.4. The monoisotopic (exact) mass is 424 g/mol. The standard InChI is InChI=1S/C28H40O3/c1-20(7-5-16-28(31)14-3-4-15-28)25-11-12-26-22(8-6-13-27(25,26)2)10-9-21-17-23(29)19-24(30)18-21/h9-11,20,23-24,26,29-31H,3-4,6-8,12-15,17-19H2,1-2H3/b22-10+/t20-,23+,24+,26-,27+/m0/s1. The second-order valence-corrected chi connectivity index (χ2v) is 10.9. The fourth-order valence-corrected chi connectivity index (χ4v) is 6.71. The summed E-state index contributed by atoms with van der Waals surface area (Å²) in [4.78, 5) is 0. The number of rotatable bonds is 3. The van der Waals surface area contributed by atoms with Crippen molar-refractivity contribution >= 4 is 0 Å². The summed E-state index contributed by atoms with van der Waals surface area (Å²) in [5, 5.41) is 30.5. The van der Waals surface area contributed by atoms with Crippen molar-refractivity contribution in [3.63, 3.8) is 0 Å². The molecule has 4 rings (SSSR count). The molecule has 170 valence electrons. The van der Waals surface area contributed by atoms with Crippen molar-refractivity contribution in [3.8, 4) is 11.8 Å². The molecule has 5 atom stereocenters. The maximum absolute atomic E-state index is 10.5. The second-order valence-electron chi connectivity index (χ2n) is 10.9. The van der Waals surface area contributed by atoms with E-state index in [-0.39, 0.29) is 5.41 Å². The Morgan fingerprint density at radius 1 is 1.10 bits per heavy atom. The minimum Gasteiger partial charge on any atom is -0.393 e. The molecule has 3 fully saturated rings. The Balaban J connectivity index is 1.44. The molecule has 0 saturated heterocycles. The smallest absolute Gasteiger partial charge is 0.125 e. The molecule has 0 aliphatic heterocycles. The maximum atomic E-state index is 10.5. The minimum atomic E-state index is -0.731. The van der Waals surface area contributed by atoms with Crippen LogP contribution in [0.1, 0.15) is 90.9 Å². The number of aliphatic hydroxyl groups excluding tert-OH is 2. The molecule has 0 bridgehead atoms. The average Bonchev–Trinajstić information content (AvgIpc) is 3.29. The number of hydrogen-bond acceptors (Lipinski definition) is 3. The van der Waals surface area contributed by atoms with Crippen molar-refractivity contribution in [3.05, 3.63) is 34.9 Å². The highest BCUT2D eigenvalue weighted by atomic mass is 16.3. The Hall–Kier alpha value is -1.34. The molecule has 3 nitrogen and oxygen atoms in total. The van der Waals surface area contributed by atoms with Gasteiger partial charge in [-0.05, 0) is 87.9 Å². The van der Waals surface area contributed by atoms with Crippen LogP contribution in [0.4, 0.5) is 0 Å². The van der Waals surface area contributed by atoms with Gasteiger partial charge in [-0.1, -0.05) is 60.6 Å². The zero-order valence-corrected chi connectivity index (χ0v) is 19.4. The molecule has 3 saturated carbocycles. The van der Waals surface area contributed by atoms with Gasteiger partial charge in [0.25, 0.3) is 0 Å². The molecule has 3 N–H and O–H groups in total. The van der Waals surface area contributed by atoms with Crippen LogP contribution in [0.2, 0.25) is 0 Å². The van der Waals surface area contributed by atoms with Crippen LogP contribution in [0, 0.1) is 29.1 Å². The Labute approximate surface area is 188 Å². The summed E-state index contributed by atoms with van der Waals surface area (Å²) in [7, 11) is 0. The Morgan fingerprint density at radius 3 is 2.52 bits per heavy atom. The van der Waals surface area contributed by atoms with E-state index < -0.39 is 17.8 Å². The van der Waals surface area contributed by atoms with Crippen molar-refractivity contribution < 1.29 is 15.3 Å². The van der Waals surface area contributed by atoms with Crippen LogP contribution in [0.3, 0.4) is 0 Å². The summed E-state index contributed by atoms with van der Waals surface area (Å²) < 4.78 is 0. The predicted octanol–water partition coefficient (Wildman–Crippen LogP) is 5.22. The largest absolute Gasteiger partial charge is 0.393 e. The molecule has 3 heteroatoms. The van der Waals surface area contributed by atoms with Gasteiger partial charge in [0.2, 0.25) is 0 Å². The van der Waals surface area contributed by atoms with E-state index in [0.717, 1.165) is 44.9 Å². The highest BCUT2D eigenvalue weighted by molar-refractivity contribution is 5.35. The first kappa shape index (κ1) is 22.8. The molecule has 0 heterocycles.